The first-order valence-electron chi connectivity index (χ1n) is 6.03. The van der Waals surface area contributed by atoms with Gasteiger partial charge in [0.15, 0.2) is 0 Å². The minimum absolute atomic E-state index is 0.0419. The fourth-order valence-corrected chi connectivity index (χ4v) is 1.31. The Morgan fingerprint density at radius 1 is 1.11 bits per heavy atom. The van der Waals surface area contributed by atoms with Crippen LogP contribution in [-0.2, 0) is 9.59 Å². The Labute approximate surface area is 107 Å². The number of hydrogen-bond donors (Lipinski definition) is 3. The van der Waals surface area contributed by atoms with Gasteiger partial charge in [0.25, 0.3) is 0 Å². The van der Waals surface area contributed by atoms with E-state index in [-0.39, 0.29) is 11.8 Å². The summed E-state index contributed by atoms with van der Waals surface area (Å²) in [6.07, 6.45) is 1.03. The maximum absolute atomic E-state index is 11.5. The minimum atomic E-state index is -0.496. The number of benzene rings is 1. The highest BCUT2D eigenvalue weighted by molar-refractivity contribution is 5.95. The molecule has 0 aliphatic rings. The zero-order chi connectivity index (χ0) is 13.5. The summed E-state index contributed by atoms with van der Waals surface area (Å²) in [7, 11) is 0. The maximum Gasteiger partial charge on any atom is 0.241 e. The summed E-state index contributed by atoms with van der Waals surface area (Å²) in [5.41, 5.74) is 6.98. The fourth-order valence-electron chi connectivity index (χ4n) is 1.31. The van der Waals surface area contributed by atoms with Crippen LogP contribution in [0.2, 0.25) is 0 Å². The summed E-state index contributed by atoms with van der Waals surface area (Å²) in [6, 6.07) is 6.43. The molecular weight excluding hydrogens is 230 g/mol. The molecule has 1 unspecified atom stereocenters. The molecule has 0 radical (unpaired) electrons. The van der Waals surface area contributed by atoms with Crippen LogP contribution in [0.15, 0.2) is 24.3 Å². The van der Waals surface area contributed by atoms with Crippen molar-refractivity contribution in [3.05, 3.63) is 24.3 Å². The van der Waals surface area contributed by atoms with Gasteiger partial charge in [0.2, 0.25) is 11.8 Å². The molecule has 18 heavy (non-hydrogen) atoms. The van der Waals surface area contributed by atoms with E-state index in [0.717, 1.165) is 0 Å². The van der Waals surface area contributed by atoms with Gasteiger partial charge in [0, 0.05) is 17.8 Å². The minimum Gasteiger partial charge on any atom is -0.326 e. The molecule has 0 aliphatic heterocycles. The van der Waals surface area contributed by atoms with Crippen LogP contribution in [0.3, 0.4) is 0 Å². The largest absolute Gasteiger partial charge is 0.326 e. The number of carbonyl (C=O) groups is 2. The van der Waals surface area contributed by atoms with Gasteiger partial charge in [0.1, 0.15) is 0 Å². The second-order valence-electron chi connectivity index (χ2n) is 3.98. The molecule has 0 saturated carbocycles. The van der Waals surface area contributed by atoms with E-state index < -0.39 is 6.04 Å². The summed E-state index contributed by atoms with van der Waals surface area (Å²) in [5.74, 6) is -0.248. The zero-order valence-electron chi connectivity index (χ0n) is 10.7. The lowest BCUT2D eigenvalue weighted by Crippen LogP contribution is -2.34. The number of nitrogens with two attached hydrogens (primary N) is 1. The molecule has 0 aromatic heterocycles. The Morgan fingerprint density at radius 2 is 1.61 bits per heavy atom. The van der Waals surface area contributed by atoms with Crippen molar-refractivity contribution in [1.82, 2.24) is 0 Å². The number of carbonyl (C=O) groups excluding carboxylic acids is 2. The maximum atomic E-state index is 11.5. The SMILES string of the molecule is CCC(=O)Nc1ccc(NC(=O)C(N)CC)cc1. The standard InChI is InChI=1S/C13H19N3O2/c1-3-11(14)13(18)16-10-7-5-9(6-8-10)15-12(17)4-2/h5-8,11H,3-4,14H2,1-2H3,(H,15,17)(H,16,18). The molecule has 5 heteroatoms. The average molecular weight is 249 g/mol. The Balaban J connectivity index is 2.60. The van der Waals surface area contributed by atoms with Crippen LogP contribution in [0.25, 0.3) is 0 Å². The molecule has 1 rings (SSSR count). The average Bonchev–Trinajstić information content (AvgIpc) is 2.39. The first-order chi connectivity index (χ1) is 8.56. The highest BCUT2D eigenvalue weighted by Gasteiger charge is 2.10. The second kappa shape index (κ2) is 6.76. The van der Waals surface area contributed by atoms with Crippen LogP contribution >= 0.6 is 0 Å². The normalized spacial score (nSPS) is 11.7. The van der Waals surface area contributed by atoms with Gasteiger partial charge in [-0.15, -0.1) is 0 Å². The van der Waals surface area contributed by atoms with Crippen LogP contribution in [-0.4, -0.2) is 17.9 Å². The van der Waals surface area contributed by atoms with Crippen molar-refractivity contribution < 1.29 is 9.59 Å². The van der Waals surface area contributed by atoms with Crippen LogP contribution in [0.5, 0.6) is 0 Å². The van der Waals surface area contributed by atoms with E-state index in [0.29, 0.717) is 24.2 Å². The molecule has 1 atom stereocenters. The van der Waals surface area contributed by atoms with E-state index >= 15 is 0 Å². The van der Waals surface area contributed by atoms with Crippen LogP contribution in [0.1, 0.15) is 26.7 Å². The van der Waals surface area contributed by atoms with Gasteiger partial charge in [-0.3, -0.25) is 9.59 Å². The van der Waals surface area contributed by atoms with Gasteiger partial charge in [-0.05, 0) is 30.7 Å². The van der Waals surface area contributed by atoms with Crippen molar-refractivity contribution >= 4 is 23.2 Å². The predicted octanol–water partition coefficient (Wildman–Crippen LogP) is 1.71. The molecule has 0 fully saturated rings. The van der Waals surface area contributed by atoms with E-state index in [1.807, 2.05) is 6.92 Å². The van der Waals surface area contributed by atoms with Crippen molar-refractivity contribution in [2.45, 2.75) is 32.7 Å². The molecule has 4 N–H and O–H groups in total. The summed E-state index contributed by atoms with van der Waals surface area (Å²) >= 11 is 0. The highest BCUT2D eigenvalue weighted by atomic mass is 16.2. The van der Waals surface area contributed by atoms with Crippen LogP contribution < -0.4 is 16.4 Å². The first kappa shape index (κ1) is 14.2. The zero-order valence-corrected chi connectivity index (χ0v) is 10.7. The number of nitrogens with one attached hydrogen (secondary N) is 2. The molecule has 0 spiro atoms. The molecule has 2 amide bonds. The number of hydrogen-bond acceptors (Lipinski definition) is 3. The lowest BCUT2D eigenvalue weighted by atomic mass is 10.2. The van der Waals surface area contributed by atoms with E-state index in [2.05, 4.69) is 10.6 Å². The number of amides is 2. The summed E-state index contributed by atoms with van der Waals surface area (Å²) in [5, 5.41) is 5.44. The summed E-state index contributed by atoms with van der Waals surface area (Å²) < 4.78 is 0. The Hall–Kier alpha value is -1.88. The number of anilines is 2. The quantitative estimate of drug-likeness (QED) is 0.742. The molecule has 0 saturated heterocycles. The van der Waals surface area contributed by atoms with Crippen LogP contribution in [0, 0.1) is 0 Å². The van der Waals surface area contributed by atoms with E-state index in [4.69, 9.17) is 5.73 Å². The monoisotopic (exact) mass is 249 g/mol. The van der Waals surface area contributed by atoms with Gasteiger partial charge in [0.05, 0.1) is 6.04 Å². The first-order valence-corrected chi connectivity index (χ1v) is 6.03. The van der Waals surface area contributed by atoms with Crippen molar-refractivity contribution in [2.75, 3.05) is 10.6 Å². The summed E-state index contributed by atoms with van der Waals surface area (Å²) in [6.45, 7) is 3.64. The summed E-state index contributed by atoms with van der Waals surface area (Å²) in [4.78, 5) is 22.7. The highest BCUT2D eigenvalue weighted by Crippen LogP contribution is 2.14. The Morgan fingerprint density at radius 3 is 2.06 bits per heavy atom. The molecule has 1 aromatic carbocycles. The van der Waals surface area contributed by atoms with E-state index in [9.17, 15) is 9.59 Å². The number of rotatable bonds is 5. The second-order valence-corrected chi connectivity index (χ2v) is 3.98. The van der Waals surface area contributed by atoms with Gasteiger partial charge in [-0.25, -0.2) is 0 Å². The lowest BCUT2D eigenvalue weighted by molar-refractivity contribution is -0.117. The van der Waals surface area contributed by atoms with E-state index in [1.165, 1.54) is 0 Å². The van der Waals surface area contributed by atoms with E-state index in [1.54, 1.807) is 31.2 Å². The third-order valence-electron chi connectivity index (χ3n) is 2.53. The van der Waals surface area contributed by atoms with Crippen molar-refractivity contribution in [3.63, 3.8) is 0 Å². The fraction of sp³-hybridized carbons (Fsp3) is 0.385. The van der Waals surface area contributed by atoms with Gasteiger partial charge in [-0.2, -0.15) is 0 Å². The van der Waals surface area contributed by atoms with Crippen molar-refractivity contribution in [3.8, 4) is 0 Å². The third kappa shape index (κ3) is 4.18. The molecule has 98 valence electrons. The smallest absolute Gasteiger partial charge is 0.241 e. The van der Waals surface area contributed by atoms with Crippen molar-refractivity contribution in [1.29, 1.82) is 0 Å². The lowest BCUT2D eigenvalue weighted by Gasteiger charge is -2.10. The molecule has 0 heterocycles. The molecule has 0 bridgehead atoms. The third-order valence-corrected chi connectivity index (χ3v) is 2.53. The topological polar surface area (TPSA) is 84.2 Å². The molecular formula is C13H19N3O2. The van der Waals surface area contributed by atoms with Gasteiger partial charge in [-0.1, -0.05) is 13.8 Å². The predicted molar refractivity (Wildman–Crippen MR) is 72.3 cm³/mol. The Kier molecular flexibility index (Phi) is 5.32. The van der Waals surface area contributed by atoms with Crippen LogP contribution in [0.4, 0.5) is 11.4 Å². The van der Waals surface area contributed by atoms with Gasteiger partial charge >= 0.3 is 0 Å². The van der Waals surface area contributed by atoms with Gasteiger partial charge < -0.3 is 16.4 Å². The van der Waals surface area contributed by atoms with Crippen molar-refractivity contribution in [2.24, 2.45) is 5.73 Å². The Bertz CT molecular complexity index is 415. The molecule has 0 aliphatic carbocycles. The molecule has 1 aromatic rings. The molecule has 5 nitrogen and oxygen atoms in total.